The van der Waals surface area contributed by atoms with E-state index in [4.69, 9.17) is 16.3 Å². The molecule has 0 radical (unpaired) electrons. The molecule has 1 heterocycles. The first-order chi connectivity index (χ1) is 15.5. The molecule has 0 unspecified atom stereocenters. The lowest BCUT2D eigenvalue weighted by molar-refractivity contribution is -0.123. The van der Waals surface area contributed by atoms with E-state index >= 15 is 0 Å². The zero-order chi connectivity index (χ0) is 22.9. The SMILES string of the molecule is COc1ccccc1C=CC(=O)NCC(=O)NN=Cc1c(C)nn(-c2ccccc2)c1Cl. The summed E-state index contributed by atoms with van der Waals surface area (Å²) >= 11 is 6.41. The van der Waals surface area contributed by atoms with Crippen molar-refractivity contribution in [1.82, 2.24) is 20.5 Å². The Labute approximate surface area is 190 Å². The van der Waals surface area contributed by atoms with Crippen LogP contribution in [0.25, 0.3) is 11.8 Å². The molecule has 3 aromatic rings. The fraction of sp³-hybridized carbons (Fsp3) is 0.130. The maximum absolute atomic E-state index is 12.0. The lowest BCUT2D eigenvalue weighted by Crippen LogP contribution is -2.34. The van der Waals surface area contributed by atoms with Gasteiger partial charge in [-0.2, -0.15) is 10.2 Å². The van der Waals surface area contributed by atoms with Crippen LogP contribution in [0.3, 0.4) is 0 Å². The first-order valence-corrected chi connectivity index (χ1v) is 10.1. The molecule has 2 aromatic carbocycles. The van der Waals surface area contributed by atoms with Crippen LogP contribution in [0.2, 0.25) is 5.15 Å². The summed E-state index contributed by atoms with van der Waals surface area (Å²) in [5.41, 5.74) is 5.17. The van der Waals surface area contributed by atoms with Crippen LogP contribution in [0, 0.1) is 6.92 Å². The predicted octanol–water partition coefficient (Wildman–Crippen LogP) is 3.12. The summed E-state index contributed by atoms with van der Waals surface area (Å²) in [5, 5.41) is 11.2. The van der Waals surface area contributed by atoms with Crippen molar-refractivity contribution in [2.75, 3.05) is 13.7 Å². The van der Waals surface area contributed by atoms with Gasteiger partial charge in [0.1, 0.15) is 10.9 Å². The van der Waals surface area contributed by atoms with E-state index in [-0.39, 0.29) is 6.54 Å². The van der Waals surface area contributed by atoms with E-state index in [9.17, 15) is 9.59 Å². The number of amides is 2. The van der Waals surface area contributed by atoms with Crippen molar-refractivity contribution in [3.8, 4) is 11.4 Å². The molecule has 164 valence electrons. The standard InChI is InChI=1S/C23H22ClN5O3/c1-16-19(23(24)29(28-16)18-9-4-3-5-10-18)14-26-27-22(31)15-25-21(30)13-12-17-8-6-7-11-20(17)32-2/h3-14H,15H2,1-2H3,(H,25,30)(H,27,31). The van der Waals surface area contributed by atoms with Crippen LogP contribution in [0.4, 0.5) is 0 Å². The zero-order valence-corrected chi connectivity index (χ0v) is 18.3. The van der Waals surface area contributed by atoms with Crippen molar-refractivity contribution in [2.45, 2.75) is 6.92 Å². The number of methoxy groups -OCH3 is 1. The number of ether oxygens (including phenoxy) is 1. The summed E-state index contributed by atoms with van der Waals surface area (Å²) in [6.45, 7) is 1.56. The van der Waals surface area contributed by atoms with Gasteiger partial charge in [0, 0.05) is 11.6 Å². The summed E-state index contributed by atoms with van der Waals surface area (Å²) in [6.07, 6.45) is 4.36. The quantitative estimate of drug-likeness (QED) is 0.312. The number of carbonyl (C=O) groups is 2. The second-order valence-corrected chi connectivity index (χ2v) is 6.98. The summed E-state index contributed by atoms with van der Waals surface area (Å²) in [5.74, 6) is -0.254. The van der Waals surface area contributed by atoms with Gasteiger partial charge in [-0.25, -0.2) is 10.1 Å². The van der Waals surface area contributed by atoms with Gasteiger partial charge < -0.3 is 10.1 Å². The number of halogens is 1. The fourth-order valence-corrected chi connectivity index (χ4v) is 3.12. The van der Waals surface area contributed by atoms with Crippen LogP contribution in [0.15, 0.2) is 65.8 Å². The Morgan fingerprint density at radius 3 is 2.62 bits per heavy atom. The van der Waals surface area contributed by atoms with Gasteiger partial charge in [0.05, 0.1) is 36.8 Å². The molecule has 0 fully saturated rings. The molecule has 0 aliphatic rings. The summed E-state index contributed by atoms with van der Waals surface area (Å²) in [6, 6.07) is 16.7. The molecule has 0 saturated carbocycles. The van der Waals surface area contributed by atoms with Crippen molar-refractivity contribution in [3.05, 3.63) is 82.6 Å². The molecule has 0 saturated heterocycles. The van der Waals surface area contributed by atoms with Crippen molar-refractivity contribution in [3.63, 3.8) is 0 Å². The molecule has 8 nitrogen and oxygen atoms in total. The first kappa shape index (κ1) is 22.8. The topological polar surface area (TPSA) is 97.6 Å². The Morgan fingerprint density at radius 2 is 1.88 bits per heavy atom. The van der Waals surface area contributed by atoms with Gasteiger partial charge in [-0.1, -0.05) is 48.0 Å². The minimum absolute atomic E-state index is 0.234. The number of hydrogen-bond donors (Lipinski definition) is 2. The number of para-hydroxylation sites is 2. The number of hydrogen-bond acceptors (Lipinski definition) is 5. The number of rotatable bonds is 8. The van der Waals surface area contributed by atoms with Crippen LogP contribution in [0.5, 0.6) is 5.75 Å². The van der Waals surface area contributed by atoms with E-state index in [0.717, 1.165) is 11.3 Å². The molecular weight excluding hydrogens is 430 g/mol. The minimum atomic E-state index is -0.482. The number of nitrogens with one attached hydrogen (secondary N) is 2. The van der Waals surface area contributed by atoms with Crippen LogP contribution >= 0.6 is 11.6 Å². The Balaban J connectivity index is 1.52. The third-order valence-electron chi connectivity index (χ3n) is 4.41. The number of aromatic nitrogens is 2. The highest BCUT2D eigenvalue weighted by Gasteiger charge is 2.13. The number of hydrazone groups is 1. The highest BCUT2D eigenvalue weighted by molar-refractivity contribution is 6.32. The maximum atomic E-state index is 12.0. The average Bonchev–Trinajstić information content (AvgIpc) is 3.10. The zero-order valence-electron chi connectivity index (χ0n) is 17.6. The van der Waals surface area contributed by atoms with Crippen LogP contribution in [-0.4, -0.2) is 41.5 Å². The molecule has 9 heteroatoms. The normalized spacial score (nSPS) is 11.1. The Morgan fingerprint density at radius 1 is 1.16 bits per heavy atom. The monoisotopic (exact) mass is 451 g/mol. The fourth-order valence-electron chi connectivity index (χ4n) is 2.80. The highest BCUT2D eigenvalue weighted by atomic mass is 35.5. The molecule has 1 aromatic heterocycles. The third-order valence-corrected chi connectivity index (χ3v) is 4.77. The molecule has 0 bridgehead atoms. The van der Waals surface area contributed by atoms with Crippen molar-refractivity contribution in [1.29, 1.82) is 0 Å². The Bertz CT molecular complexity index is 1160. The molecule has 3 rings (SSSR count). The molecule has 0 aliphatic heterocycles. The second kappa shape index (κ2) is 10.9. The Hall–Kier alpha value is -3.91. The van der Waals surface area contributed by atoms with E-state index in [1.807, 2.05) is 48.5 Å². The third kappa shape index (κ3) is 5.83. The maximum Gasteiger partial charge on any atom is 0.259 e. The van der Waals surface area contributed by atoms with Gasteiger partial charge >= 0.3 is 0 Å². The Kier molecular flexibility index (Phi) is 7.77. The van der Waals surface area contributed by atoms with Crippen LogP contribution in [-0.2, 0) is 9.59 Å². The lowest BCUT2D eigenvalue weighted by Gasteiger charge is -2.04. The van der Waals surface area contributed by atoms with Crippen molar-refractivity contribution < 1.29 is 14.3 Å². The molecule has 0 atom stereocenters. The van der Waals surface area contributed by atoms with Crippen LogP contribution < -0.4 is 15.5 Å². The van der Waals surface area contributed by atoms with Gasteiger partial charge in [-0.15, -0.1) is 0 Å². The van der Waals surface area contributed by atoms with Gasteiger partial charge in [0.2, 0.25) is 5.91 Å². The van der Waals surface area contributed by atoms with Crippen molar-refractivity contribution >= 4 is 35.7 Å². The smallest absolute Gasteiger partial charge is 0.259 e. The predicted molar refractivity (Wildman–Crippen MR) is 124 cm³/mol. The summed E-state index contributed by atoms with van der Waals surface area (Å²) in [7, 11) is 1.55. The number of aryl methyl sites for hydroxylation is 1. The van der Waals surface area contributed by atoms with Crippen LogP contribution in [0.1, 0.15) is 16.8 Å². The van der Waals surface area contributed by atoms with E-state index in [0.29, 0.717) is 22.2 Å². The molecule has 2 N–H and O–H groups in total. The molecule has 0 aliphatic carbocycles. The summed E-state index contributed by atoms with van der Waals surface area (Å²) in [4.78, 5) is 23.9. The lowest BCUT2D eigenvalue weighted by atomic mass is 10.2. The highest BCUT2D eigenvalue weighted by Crippen LogP contribution is 2.22. The van der Waals surface area contributed by atoms with E-state index in [1.165, 1.54) is 12.3 Å². The molecular formula is C23H22ClN5O3. The van der Waals surface area contributed by atoms with E-state index < -0.39 is 11.8 Å². The van der Waals surface area contributed by atoms with Crippen molar-refractivity contribution in [2.24, 2.45) is 5.10 Å². The molecule has 2 amide bonds. The number of nitrogens with zero attached hydrogens (tertiary/aromatic N) is 3. The molecule has 32 heavy (non-hydrogen) atoms. The molecule has 0 spiro atoms. The summed E-state index contributed by atoms with van der Waals surface area (Å²) < 4.78 is 6.81. The van der Waals surface area contributed by atoms with Gasteiger partial charge in [-0.3, -0.25) is 9.59 Å². The van der Waals surface area contributed by atoms with Gasteiger partial charge in [-0.05, 0) is 31.2 Å². The minimum Gasteiger partial charge on any atom is -0.496 e. The second-order valence-electron chi connectivity index (χ2n) is 6.62. The number of carbonyl (C=O) groups excluding carboxylic acids is 2. The largest absolute Gasteiger partial charge is 0.496 e. The van der Waals surface area contributed by atoms with Gasteiger partial charge in [0.15, 0.2) is 0 Å². The number of benzene rings is 2. The average molecular weight is 452 g/mol. The van der Waals surface area contributed by atoms with Gasteiger partial charge in [0.25, 0.3) is 5.91 Å². The first-order valence-electron chi connectivity index (χ1n) is 9.71. The van der Waals surface area contributed by atoms with E-state index in [2.05, 4.69) is 20.9 Å². The van der Waals surface area contributed by atoms with E-state index in [1.54, 1.807) is 30.9 Å².